The smallest absolute Gasteiger partial charge is 0.228 e. The summed E-state index contributed by atoms with van der Waals surface area (Å²) < 4.78 is 111. The molecule has 0 spiro atoms. The van der Waals surface area contributed by atoms with Crippen LogP contribution in [-0.2, 0) is 11.2 Å². The topological polar surface area (TPSA) is 37.6 Å². The van der Waals surface area contributed by atoms with Gasteiger partial charge < -0.3 is 9.30 Å². The number of benzene rings is 1. The summed E-state index contributed by atoms with van der Waals surface area (Å²) in [5, 5.41) is 0. The van der Waals surface area contributed by atoms with E-state index in [1.54, 1.807) is 0 Å². The van der Waals surface area contributed by atoms with Crippen LogP contribution in [-0.4, -0.2) is 34.1 Å². The zero-order valence-corrected chi connectivity index (χ0v) is 12.1. The van der Waals surface area contributed by atoms with E-state index in [0.717, 1.165) is 10.6 Å². The molecule has 1 amide bonds. The zero-order chi connectivity index (χ0) is 28.4. The van der Waals surface area contributed by atoms with Crippen LogP contribution in [0.3, 0.4) is 0 Å². The second-order valence-electron chi connectivity index (χ2n) is 4.81. The van der Waals surface area contributed by atoms with Gasteiger partial charge in [0.15, 0.2) is 0 Å². The lowest BCUT2D eigenvalue weighted by Gasteiger charge is -2.11. The maximum Gasteiger partial charge on any atom is 0.228 e. The van der Waals surface area contributed by atoms with Crippen molar-refractivity contribution in [3.05, 3.63) is 59.3 Å². The van der Waals surface area contributed by atoms with Gasteiger partial charge in [0.05, 0.1) is 23.3 Å². The minimum absolute atomic E-state index is 0.0169. The van der Waals surface area contributed by atoms with Gasteiger partial charge in [0.2, 0.25) is 5.91 Å². The Balaban J connectivity index is 2.44. The van der Waals surface area contributed by atoms with E-state index in [2.05, 4.69) is 4.98 Å². The number of fused-ring (bicyclic) bond motifs is 1. The number of nitrogens with zero attached hydrogens (tertiary/aromatic N) is 3. The first kappa shape index (κ1) is 5.78. The van der Waals surface area contributed by atoms with Crippen LogP contribution in [0.15, 0.2) is 42.5 Å². The lowest BCUT2D eigenvalue weighted by molar-refractivity contribution is -0.128. The molecule has 0 aliphatic carbocycles. The number of pyridine rings is 1. The van der Waals surface area contributed by atoms with E-state index < -0.39 is 79.1 Å². The molecule has 0 fully saturated rings. The molecular formula is C19H21N3O. The van der Waals surface area contributed by atoms with Gasteiger partial charge in [-0.3, -0.25) is 4.79 Å². The monoisotopic (exact) mass is 321 g/mol. The normalized spacial score (nSPS) is 22.8. The molecule has 1 unspecified atom stereocenters. The summed E-state index contributed by atoms with van der Waals surface area (Å²) in [6.45, 7) is -8.23. The molecule has 1 atom stereocenters. The minimum atomic E-state index is -3.47. The molecule has 4 nitrogen and oxygen atoms in total. The number of carbonyl (C=O) groups excluding carboxylic acids is 1. The molecule has 4 heteroatoms. The Morgan fingerprint density at radius 3 is 2.78 bits per heavy atom. The van der Waals surface area contributed by atoms with E-state index in [9.17, 15) is 4.79 Å². The van der Waals surface area contributed by atoms with Gasteiger partial charge in [-0.15, -0.1) is 0 Å². The first-order valence-electron chi connectivity index (χ1n) is 13.6. The van der Waals surface area contributed by atoms with Crippen molar-refractivity contribution in [2.24, 2.45) is 0 Å². The van der Waals surface area contributed by atoms with Crippen molar-refractivity contribution < 1.29 is 24.0 Å². The van der Waals surface area contributed by atoms with Gasteiger partial charge in [0, 0.05) is 39.4 Å². The number of imidazole rings is 1. The van der Waals surface area contributed by atoms with Crippen LogP contribution < -0.4 is 0 Å². The van der Waals surface area contributed by atoms with Crippen LogP contribution in [0.5, 0.6) is 0 Å². The predicted molar refractivity (Wildman–Crippen MR) is 92.5 cm³/mol. The molecule has 118 valence electrons. The molecule has 3 rings (SSSR count). The second-order valence-corrected chi connectivity index (χ2v) is 4.81. The summed E-state index contributed by atoms with van der Waals surface area (Å²) in [5.74, 6) is -1.69. The van der Waals surface area contributed by atoms with Crippen molar-refractivity contribution in [3.8, 4) is 11.3 Å². The lowest BCUT2D eigenvalue weighted by atomic mass is 10.1. The molecule has 0 N–H and O–H groups in total. The highest BCUT2D eigenvalue weighted by atomic mass is 16.2. The summed E-state index contributed by atoms with van der Waals surface area (Å²) in [6.07, 6.45) is -1.30. The summed E-state index contributed by atoms with van der Waals surface area (Å²) in [7, 11) is 0. The van der Waals surface area contributed by atoms with Gasteiger partial charge in [-0.05, 0) is 25.4 Å². The van der Waals surface area contributed by atoms with Crippen molar-refractivity contribution in [2.45, 2.75) is 20.2 Å². The third-order valence-electron chi connectivity index (χ3n) is 3.12. The molecule has 23 heavy (non-hydrogen) atoms. The summed E-state index contributed by atoms with van der Waals surface area (Å²) in [5.41, 5.74) is -1.66. The van der Waals surface area contributed by atoms with Gasteiger partial charge in [0.1, 0.15) is 5.65 Å². The van der Waals surface area contributed by atoms with Crippen LogP contribution in [0.2, 0.25) is 0 Å². The molecule has 3 aromatic rings. The SMILES string of the molecule is [2H]c1c([2H])c(-c2nc3ccc(C([2H])([2H])[2H])cn3c2C([2H])C(=O)N(C([2H])([2H])[2H])C([2H])([2H])[2H])c([2H])c([2H])c1C. The van der Waals surface area contributed by atoms with Crippen molar-refractivity contribution >= 4 is 11.6 Å². The Morgan fingerprint density at radius 2 is 2.09 bits per heavy atom. The third kappa shape index (κ3) is 2.97. The van der Waals surface area contributed by atoms with Gasteiger partial charge in [-0.1, -0.05) is 35.8 Å². The first-order valence-corrected chi connectivity index (χ1v) is 6.55. The molecule has 0 aliphatic rings. The number of amides is 1. The quantitative estimate of drug-likeness (QED) is 0.742. The van der Waals surface area contributed by atoms with Crippen LogP contribution in [0.1, 0.15) is 36.0 Å². The molecule has 0 radical (unpaired) electrons. The molecule has 0 saturated heterocycles. The maximum atomic E-state index is 13.2. The van der Waals surface area contributed by atoms with E-state index in [4.69, 9.17) is 19.2 Å². The van der Waals surface area contributed by atoms with Gasteiger partial charge in [0.25, 0.3) is 0 Å². The van der Waals surface area contributed by atoms with E-state index in [0.29, 0.717) is 0 Å². The average Bonchev–Trinajstić information content (AvgIpc) is 3.11. The highest BCUT2D eigenvalue weighted by Crippen LogP contribution is 2.26. The summed E-state index contributed by atoms with van der Waals surface area (Å²) >= 11 is 0. The van der Waals surface area contributed by atoms with Crippen molar-refractivity contribution in [1.82, 2.24) is 14.3 Å². The molecule has 0 saturated carbocycles. The molecule has 0 aliphatic heterocycles. The van der Waals surface area contributed by atoms with Gasteiger partial charge in [-0.2, -0.15) is 0 Å². The zero-order valence-electron chi connectivity index (χ0n) is 26.1. The van der Waals surface area contributed by atoms with Crippen molar-refractivity contribution in [3.63, 3.8) is 0 Å². The maximum absolute atomic E-state index is 13.2. The number of carbonyl (C=O) groups is 1. The summed E-state index contributed by atoms with van der Waals surface area (Å²) in [4.78, 5) is 17.0. The number of aromatic nitrogens is 2. The second kappa shape index (κ2) is 5.88. The Kier molecular flexibility index (Phi) is 1.48. The fourth-order valence-corrected chi connectivity index (χ4v) is 2.06. The predicted octanol–water partition coefficient (Wildman–Crippen LogP) is 3.25. The van der Waals surface area contributed by atoms with E-state index in [-0.39, 0.29) is 16.8 Å². The van der Waals surface area contributed by atoms with Crippen molar-refractivity contribution in [1.29, 1.82) is 0 Å². The lowest BCUT2D eigenvalue weighted by Crippen LogP contribution is -2.24. The number of aryl methyl sites for hydroxylation is 1. The van der Waals surface area contributed by atoms with E-state index >= 15 is 0 Å². The van der Waals surface area contributed by atoms with Crippen LogP contribution in [0.4, 0.5) is 0 Å². The Morgan fingerprint density at radius 1 is 1.30 bits per heavy atom. The Labute approximate surface area is 156 Å². The largest absolute Gasteiger partial charge is 0.348 e. The molecule has 1 aromatic carbocycles. The van der Waals surface area contributed by atoms with Crippen molar-refractivity contribution in [2.75, 3.05) is 14.0 Å². The third-order valence-corrected chi connectivity index (χ3v) is 3.12. The number of hydrogen-bond donors (Lipinski definition) is 0. The van der Waals surface area contributed by atoms with Crippen LogP contribution in [0, 0.1) is 13.8 Å². The number of rotatable bonds is 3. The Bertz CT molecular complexity index is 1340. The minimum Gasteiger partial charge on any atom is -0.348 e. The highest BCUT2D eigenvalue weighted by molar-refractivity contribution is 5.81. The van der Waals surface area contributed by atoms with Gasteiger partial charge in [-0.25, -0.2) is 4.98 Å². The fraction of sp³-hybridized carbons (Fsp3) is 0.263. The number of likely N-dealkylation sites (N-methyl/N-ethyl adjacent to an activating group) is 1. The fourth-order valence-electron chi connectivity index (χ4n) is 2.06. The first-order chi connectivity index (χ1) is 16.7. The average molecular weight is 321 g/mol. The summed E-state index contributed by atoms with van der Waals surface area (Å²) in [6, 6.07) is 0.431. The molecule has 2 aromatic heterocycles. The molecule has 0 bridgehead atoms. The molecule has 2 heterocycles. The Hall–Kier alpha value is -2.62. The van der Waals surface area contributed by atoms with Crippen LogP contribution in [0.25, 0.3) is 16.9 Å². The number of hydrogen-bond acceptors (Lipinski definition) is 2. The van der Waals surface area contributed by atoms with Gasteiger partial charge >= 0.3 is 0 Å². The highest BCUT2D eigenvalue weighted by Gasteiger charge is 2.18. The van der Waals surface area contributed by atoms with E-state index in [1.807, 2.05) is 0 Å². The standard InChI is InChI=1S/C19H21N3O/c1-13-5-8-15(9-6-13)19-16(11-18(23)21(3)4)22-12-14(2)7-10-17(22)20-19/h5-10,12H,11H2,1-4H3/i2D3,3D3,4D3,5D,6D,8D,9D,11D. The van der Waals surface area contributed by atoms with E-state index in [1.165, 1.54) is 19.1 Å². The van der Waals surface area contributed by atoms with Crippen LogP contribution >= 0.6 is 0 Å². The molecular weight excluding hydrogens is 286 g/mol.